The number of hydrogen-bond acceptors (Lipinski definition) is 3. The highest BCUT2D eigenvalue weighted by Gasteiger charge is 2.40. The topological polar surface area (TPSA) is 46.2 Å². The van der Waals surface area contributed by atoms with Crippen molar-refractivity contribution in [2.24, 2.45) is 0 Å². The number of aromatic nitrogens is 2. The van der Waals surface area contributed by atoms with Gasteiger partial charge in [0.2, 0.25) is 0 Å². The summed E-state index contributed by atoms with van der Waals surface area (Å²) in [4.78, 5) is 6.77. The van der Waals surface area contributed by atoms with Crippen molar-refractivity contribution >= 4 is 17.3 Å². The van der Waals surface area contributed by atoms with Crippen LogP contribution in [-0.2, 0) is 6.54 Å². The fraction of sp³-hybridized carbons (Fsp3) is 0.130. The summed E-state index contributed by atoms with van der Waals surface area (Å²) in [6.45, 7) is 0.601. The Kier molecular flexibility index (Phi) is 4.62. The Balaban J connectivity index is 1.54. The van der Waals surface area contributed by atoms with Crippen LogP contribution in [0.3, 0.4) is 0 Å². The number of furan rings is 1. The monoisotopic (exact) mass is 400 g/mol. The van der Waals surface area contributed by atoms with Crippen molar-refractivity contribution in [1.82, 2.24) is 19.8 Å². The molecule has 5 rings (SSSR count). The molecule has 0 aliphatic carbocycles. The second-order valence-corrected chi connectivity index (χ2v) is 7.41. The minimum absolute atomic E-state index is 0.00691. The van der Waals surface area contributed by atoms with E-state index in [1.54, 1.807) is 6.26 Å². The zero-order chi connectivity index (χ0) is 19.6. The van der Waals surface area contributed by atoms with Crippen LogP contribution in [0.5, 0.6) is 0 Å². The standard InChI is InChI=1S/C23H20N4OS/c29-23-25-21(20-10-4-5-12-24-20)22(27(23)16-19-9-6-14-28-19)17-11-13-26(15-17)18-7-2-1-3-8-18/h1-15,21-22H,16H2,(H,25,29)/t21-,22-/m1/s1. The van der Waals surface area contributed by atoms with Crippen molar-refractivity contribution in [1.29, 1.82) is 0 Å². The molecular formula is C23H20N4OS. The highest BCUT2D eigenvalue weighted by Crippen LogP contribution is 2.39. The summed E-state index contributed by atoms with van der Waals surface area (Å²) in [5.41, 5.74) is 3.26. The van der Waals surface area contributed by atoms with Crippen molar-refractivity contribution < 1.29 is 4.42 Å². The van der Waals surface area contributed by atoms with E-state index in [9.17, 15) is 0 Å². The quantitative estimate of drug-likeness (QED) is 0.495. The number of nitrogens with one attached hydrogen (secondary N) is 1. The maximum atomic E-state index is 5.71. The molecule has 1 aliphatic heterocycles. The molecule has 0 spiro atoms. The van der Waals surface area contributed by atoms with E-state index in [0.29, 0.717) is 11.7 Å². The molecule has 2 atom stereocenters. The van der Waals surface area contributed by atoms with Gasteiger partial charge in [-0.15, -0.1) is 0 Å². The van der Waals surface area contributed by atoms with Gasteiger partial charge in [0.05, 0.1) is 30.6 Å². The molecule has 1 fully saturated rings. The predicted molar refractivity (Wildman–Crippen MR) is 115 cm³/mol. The van der Waals surface area contributed by atoms with E-state index in [2.05, 4.69) is 50.4 Å². The summed E-state index contributed by atoms with van der Waals surface area (Å²) in [7, 11) is 0. The third kappa shape index (κ3) is 3.43. The number of rotatable bonds is 5. The summed E-state index contributed by atoms with van der Waals surface area (Å²) in [5.74, 6) is 0.878. The highest BCUT2D eigenvalue weighted by atomic mass is 32.1. The smallest absolute Gasteiger partial charge is 0.170 e. The molecule has 1 N–H and O–H groups in total. The molecule has 144 valence electrons. The zero-order valence-corrected chi connectivity index (χ0v) is 16.5. The number of nitrogens with zero attached hydrogens (tertiary/aromatic N) is 3. The van der Waals surface area contributed by atoms with Crippen LogP contribution in [0.2, 0.25) is 0 Å². The van der Waals surface area contributed by atoms with Crippen molar-refractivity contribution in [3.05, 3.63) is 109 Å². The fourth-order valence-electron chi connectivity index (χ4n) is 3.86. The summed E-state index contributed by atoms with van der Waals surface area (Å²) in [5, 5.41) is 4.18. The highest BCUT2D eigenvalue weighted by molar-refractivity contribution is 7.80. The molecule has 0 amide bonds. The van der Waals surface area contributed by atoms with Crippen molar-refractivity contribution in [2.75, 3.05) is 0 Å². The summed E-state index contributed by atoms with van der Waals surface area (Å²) in [6, 6.07) is 22.3. The van der Waals surface area contributed by atoms with Gasteiger partial charge in [-0.2, -0.15) is 0 Å². The normalized spacial score (nSPS) is 18.8. The Morgan fingerprint density at radius 2 is 1.86 bits per heavy atom. The molecule has 0 saturated carbocycles. The number of thiocarbonyl (C=S) groups is 1. The minimum Gasteiger partial charge on any atom is -0.467 e. The predicted octanol–water partition coefficient (Wildman–Crippen LogP) is 4.64. The van der Waals surface area contributed by atoms with E-state index in [0.717, 1.165) is 17.1 Å². The number of benzene rings is 1. The van der Waals surface area contributed by atoms with E-state index >= 15 is 0 Å². The Morgan fingerprint density at radius 1 is 1.00 bits per heavy atom. The number of hydrogen-bond donors (Lipinski definition) is 1. The lowest BCUT2D eigenvalue weighted by molar-refractivity contribution is 0.287. The SMILES string of the molecule is S=C1N[C@H](c2ccccn2)[C@@H](c2ccn(-c3ccccc3)c2)N1Cc1ccco1. The molecule has 0 radical (unpaired) electrons. The Bertz CT molecular complexity index is 1090. The van der Waals surface area contributed by atoms with Gasteiger partial charge in [0.25, 0.3) is 0 Å². The van der Waals surface area contributed by atoms with Crippen LogP contribution in [0, 0.1) is 0 Å². The average molecular weight is 401 g/mol. The second-order valence-electron chi connectivity index (χ2n) is 7.02. The van der Waals surface area contributed by atoms with Gasteiger partial charge in [-0.3, -0.25) is 4.98 Å². The van der Waals surface area contributed by atoms with Crippen LogP contribution in [0.1, 0.15) is 29.1 Å². The lowest BCUT2D eigenvalue weighted by Crippen LogP contribution is -2.28. The maximum Gasteiger partial charge on any atom is 0.170 e. The maximum absolute atomic E-state index is 5.71. The molecule has 29 heavy (non-hydrogen) atoms. The molecule has 4 aromatic rings. The van der Waals surface area contributed by atoms with Crippen LogP contribution < -0.4 is 5.32 Å². The van der Waals surface area contributed by atoms with Crippen LogP contribution in [0.4, 0.5) is 0 Å². The molecule has 0 unspecified atom stereocenters. The zero-order valence-electron chi connectivity index (χ0n) is 15.7. The van der Waals surface area contributed by atoms with Crippen molar-refractivity contribution in [3.8, 4) is 5.69 Å². The number of para-hydroxylation sites is 1. The van der Waals surface area contributed by atoms with Gasteiger partial charge >= 0.3 is 0 Å². The second kappa shape index (κ2) is 7.56. The lowest BCUT2D eigenvalue weighted by Gasteiger charge is -2.26. The van der Waals surface area contributed by atoms with E-state index < -0.39 is 0 Å². The third-order valence-electron chi connectivity index (χ3n) is 5.22. The first-order valence-electron chi connectivity index (χ1n) is 9.53. The number of pyridine rings is 1. The lowest BCUT2D eigenvalue weighted by atomic mass is 9.99. The van der Waals surface area contributed by atoms with Crippen LogP contribution in [0.25, 0.3) is 5.69 Å². The molecule has 1 saturated heterocycles. The molecule has 6 heteroatoms. The first kappa shape index (κ1) is 17.7. The average Bonchev–Trinajstić information content (AvgIpc) is 3.51. The molecule has 3 aromatic heterocycles. The molecule has 1 aromatic carbocycles. The first-order chi connectivity index (χ1) is 14.3. The van der Waals surface area contributed by atoms with E-state index in [1.807, 2.05) is 54.7 Å². The van der Waals surface area contributed by atoms with Crippen molar-refractivity contribution in [2.45, 2.75) is 18.6 Å². The fourth-order valence-corrected chi connectivity index (χ4v) is 4.16. The first-order valence-corrected chi connectivity index (χ1v) is 9.94. The van der Waals surface area contributed by atoms with E-state index in [1.165, 1.54) is 5.56 Å². The van der Waals surface area contributed by atoms with Crippen LogP contribution >= 0.6 is 12.2 Å². The molecule has 5 nitrogen and oxygen atoms in total. The largest absolute Gasteiger partial charge is 0.467 e. The van der Waals surface area contributed by atoms with Crippen LogP contribution in [0.15, 0.2) is 96.0 Å². The summed E-state index contributed by atoms with van der Waals surface area (Å²) in [6.07, 6.45) is 7.77. The summed E-state index contributed by atoms with van der Waals surface area (Å²) < 4.78 is 7.73. The van der Waals surface area contributed by atoms with Gasteiger partial charge < -0.3 is 19.2 Å². The van der Waals surface area contributed by atoms with Gasteiger partial charge in [-0.05, 0) is 60.2 Å². The third-order valence-corrected chi connectivity index (χ3v) is 5.57. The van der Waals surface area contributed by atoms with Gasteiger partial charge in [0, 0.05) is 24.3 Å². The molecular weight excluding hydrogens is 380 g/mol. The van der Waals surface area contributed by atoms with E-state index in [4.69, 9.17) is 16.6 Å². The molecule has 0 bridgehead atoms. The Hall–Kier alpha value is -3.38. The summed E-state index contributed by atoms with van der Waals surface area (Å²) >= 11 is 5.71. The Labute approximate surface area is 174 Å². The van der Waals surface area contributed by atoms with Gasteiger partial charge in [0.1, 0.15) is 5.76 Å². The minimum atomic E-state index is -0.0368. The van der Waals surface area contributed by atoms with E-state index in [-0.39, 0.29) is 12.1 Å². The van der Waals surface area contributed by atoms with Gasteiger partial charge in [-0.25, -0.2) is 0 Å². The van der Waals surface area contributed by atoms with Gasteiger partial charge in [-0.1, -0.05) is 24.3 Å². The van der Waals surface area contributed by atoms with Crippen LogP contribution in [-0.4, -0.2) is 19.6 Å². The Morgan fingerprint density at radius 3 is 2.62 bits per heavy atom. The van der Waals surface area contributed by atoms with Gasteiger partial charge in [0.15, 0.2) is 5.11 Å². The molecule has 1 aliphatic rings. The van der Waals surface area contributed by atoms with Crippen molar-refractivity contribution in [3.63, 3.8) is 0 Å². The molecule has 4 heterocycles.